The highest BCUT2D eigenvalue weighted by Crippen LogP contribution is 2.20. The highest BCUT2D eigenvalue weighted by molar-refractivity contribution is 9.10. The van der Waals surface area contributed by atoms with Gasteiger partial charge in [-0.05, 0) is 36.1 Å². The van der Waals surface area contributed by atoms with Gasteiger partial charge in [0, 0.05) is 42.9 Å². The fourth-order valence-corrected chi connectivity index (χ4v) is 1.80. The lowest BCUT2D eigenvalue weighted by atomic mass is 10.2. The van der Waals surface area contributed by atoms with Gasteiger partial charge in [0.1, 0.15) is 5.82 Å². The molecule has 16 heavy (non-hydrogen) atoms. The van der Waals surface area contributed by atoms with Crippen molar-refractivity contribution in [3.8, 4) is 0 Å². The van der Waals surface area contributed by atoms with Crippen LogP contribution in [0.3, 0.4) is 0 Å². The molecule has 1 aromatic heterocycles. The fourth-order valence-electron chi connectivity index (χ4n) is 1.42. The first-order chi connectivity index (χ1) is 7.54. The Morgan fingerprint density at radius 3 is 2.56 bits per heavy atom. The summed E-state index contributed by atoms with van der Waals surface area (Å²) < 4.78 is 0.970. The predicted octanol–water partition coefficient (Wildman–Crippen LogP) is 1.30. The van der Waals surface area contributed by atoms with E-state index < -0.39 is 0 Å². The van der Waals surface area contributed by atoms with Gasteiger partial charge in [-0.25, -0.2) is 4.98 Å². The molecule has 0 saturated heterocycles. The maximum absolute atomic E-state index is 5.72. The van der Waals surface area contributed by atoms with Crippen molar-refractivity contribution in [2.24, 2.45) is 5.73 Å². The van der Waals surface area contributed by atoms with Crippen LogP contribution in [0.4, 0.5) is 5.82 Å². The summed E-state index contributed by atoms with van der Waals surface area (Å²) >= 11 is 3.40. The number of rotatable bonds is 5. The van der Waals surface area contributed by atoms with Gasteiger partial charge in [-0.3, -0.25) is 0 Å². The van der Waals surface area contributed by atoms with Gasteiger partial charge in [-0.1, -0.05) is 0 Å². The van der Waals surface area contributed by atoms with Gasteiger partial charge in [0.2, 0.25) is 0 Å². The highest BCUT2D eigenvalue weighted by Gasteiger charge is 2.08. The summed E-state index contributed by atoms with van der Waals surface area (Å²) in [5.74, 6) is 0.965. The van der Waals surface area contributed by atoms with Crippen LogP contribution in [0, 0.1) is 0 Å². The number of aromatic nitrogens is 1. The topological polar surface area (TPSA) is 45.4 Å². The van der Waals surface area contributed by atoms with E-state index in [-0.39, 0.29) is 0 Å². The zero-order chi connectivity index (χ0) is 12.1. The Morgan fingerprint density at radius 1 is 1.31 bits per heavy atom. The average molecular weight is 287 g/mol. The number of anilines is 1. The molecule has 1 aromatic rings. The smallest absolute Gasteiger partial charge is 0.132 e. The molecule has 0 bridgehead atoms. The van der Waals surface area contributed by atoms with Gasteiger partial charge in [0.15, 0.2) is 0 Å². The van der Waals surface area contributed by atoms with Crippen molar-refractivity contribution in [3.05, 3.63) is 22.3 Å². The summed E-state index contributed by atoms with van der Waals surface area (Å²) in [6.07, 6.45) is 1.81. The molecular formula is C11H19BrN4. The largest absolute Gasteiger partial charge is 0.358 e. The lowest BCUT2D eigenvalue weighted by molar-refractivity contribution is 0.416. The lowest BCUT2D eigenvalue weighted by Crippen LogP contribution is -2.30. The third-order valence-electron chi connectivity index (χ3n) is 2.37. The van der Waals surface area contributed by atoms with Crippen molar-refractivity contribution in [1.29, 1.82) is 0 Å². The summed E-state index contributed by atoms with van der Waals surface area (Å²) in [4.78, 5) is 8.69. The van der Waals surface area contributed by atoms with Crippen LogP contribution >= 0.6 is 15.9 Å². The first kappa shape index (κ1) is 13.4. The molecule has 0 spiro atoms. The lowest BCUT2D eigenvalue weighted by Gasteiger charge is -2.22. The third kappa shape index (κ3) is 3.73. The number of pyridine rings is 1. The maximum Gasteiger partial charge on any atom is 0.132 e. The summed E-state index contributed by atoms with van der Waals surface area (Å²) in [6, 6.07) is 2.02. The molecule has 0 aliphatic rings. The normalized spacial score (nSPS) is 10.9. The van der Waals surface area contributed by atoms with Gasteiger partial charge in [-0.2, -0.15) is 0 Å². The molecule has 0 saturated carbocycles. The maximum atomic E-state index is 5.72. The van der Waals surface area contributed by atoms with E-state index >= 15 is 0 Å². The molecule has 0 aliphatic carbocycles. The Morgan fingerprint density at radius 2 is 2.00 bits per heavy atom. The number of nitrogens with two attached hydrogens (primary N) is 1. The molecule has 90 valence electrons. The zero-order valence-electron chi connectivity index (χ0n) is 10.1. The van der Waals surface area contributed by atoms with Crippen molar-refractivity contribution in [2.45, 2.75) is 6.54 Å². The average Bonchev–Trinajstić information content (AvgIpc) is 2.25. The Hall–Kier alpha value is -0.650. The molecule has 2 N–H and O–H groups in total. The SMILES string of the molecule is CN(C)CCN(C)c1ncc(Br)cc1CN. The van der Waals surface area contributed by atoms with Crippen LogP contribution < -0.4 is 10.6 Å². The highest BCUT2D eigenvalue weighted by atomic mass is 79.9. The number of halogens is 1. The van der Waals surface area contributed by atoms with Crippen LogP contribution in [0.2, 0.25) is 0 Å². The van der Waals surface area contributed by atoms with E-state index in [4.69, 9.17) is 5.73 Å². The van der Waals surface area contributed by atoms with Gasteiger partial charge >= 0.3 is 0 Å². The number of likely N-dealkylation sites (N-methyl/N-ethyl adjacent to an activating group) is 2. The molecular weight excluding hydrogens is 268 g/mol. The second kappa shape index (κ2) is 6.18. The molecule has 0 aliphatic heterocycles. The van der Waals surface area contributed by atoms with E-state index in [9.17, 15) is 0 Å². The van der Waals surface area contributed by atoms with Crippen molar-refractivity contribution < 1.29 is 0 Å². The Bertz CT molecular complexity index is 341. The molecule has 0 unspecified atom stereocenters. The first-order valence-corrected chi connectivity index (χ1v) is 6.04. The van der Waals surface area contributed by atoms with Crippen molar-refractivity contribution in [2.75, 3.05) is 39.1 Å². The number of nitrogens with zero attached hydrogens (tertiary/aromatic N) is 3. The zero-order valence-corrected chi connectivity index (χ0v) is 11.7. The van der Waals surface area contributed by atoms with E-state index in [0.717, 1.165) is 28.9 Å². The van der Waals surface area contributed by atoms with Crippen molar-refractivity contribution in [3.63, 3.8) is 0 Å². The van der Waals surface area contributed by atoms with Crippen LogP contribution in [0.15, 0.2) is 16.7 Å². The number of hydrogen-bond acceptors (Lipinski definition) is 4. The van der Waals surface area contributed by atoms with Gasteiger partial charge in [0.25, 0.3) is 0 Å². The second-order valence-corrected chi connectivity index (χ2v) is 4.98. The third-order valence-corrected chi connectivity index (χ3v) is 2.81. The number of hydrogen-bond donors (Lipinski definition) is 1. The van der Waals surface area contributed by atoms with Crippen LogP contribution in [0.1, 0.15) is 5.56 Å². The minimum absolute atomic E-state index is 0.508. The molecule has 0 atom stereocenters. The predicted molar refractivity (Wildman–Crippen MR) is 71.7 cm³/mol. The van der Waals surface area contributed by atoms with Crippen LogP contribution in [0.25, 0.3) is 0 Å². The van der Waals surface area contributed by atoms with E-state index in [1.807, 2.05) is 13.1 Å². The van der Waals surface area contributed by atoms with Crippen molar-refractivity contribution in [1.82, 2.24) is 9.88 Å². The summed E-state index contributed by atoms with van der Waals surface area (Å²) in [5.41, 5.74) is 6.78. The van der Waals surface area contributed by atoms with Crippen LogP contribution in [-0.2, 0) is 6.54 Å². The van der Waals surface area contributed by atoms with E-state index in [0.29, 0.717) is 6.54 Å². The molecule has 0 amide bonds. The summed E-state index contributed by atoms with van der Waals surface area (Å²) in [6.45, 7) is 2.45. The minimum atomic E-state index is 0.508. The van der Waals surface area contributed by atoms with Gasteiger partial charge in [0.05, 0.1) is 0 Å². The van der Waals surface area contributed by atoms with Gasteiger partial charge < -0.3 is 15.5 Å². The Kier molecular flexibility index (Phi) is 5.18. The van der Waals surface area contributed by atoms with Crippen LogP contribution in [-0.4, -0.2) is 44.1 Å². The van der Waals surface area contributed by atoms with E-state index in [1.54, 1.807) is 6.20 Å². The Balaban J connectivity index is 2.77. The second-order valence-electron chi connectivity index (χ2n) is 4.07. The summed E-state index contributed by atoms with van der Waals surface area (Å²) in [7, 11) is 6.16. The molecule has 1 rings (SSSR count). The van der Waals surface area contributed by atoms with E-state index in [2.05, 4.69) is 44.8 Å². The first-order valence-electron chi connectivity index (χ1n) is 5.25. The monoisotopic (exact) mass is 286 g/mol. The Labute approximate surface area is 106 Å². The molecule has 4 nitrogen and oxygen atoms in total. The van der Waals surface area contributed by atoms with E-state index in [1.165, 1.54) is 0 Å². The molecule has 0 aromatic carbocycles. The standard InChI is InChI=1S/C11H19BrN4/c1-15(2)4-5-16(3)11-9(7-13)6-10(12)8-14-11/h6,8H,4-5,7,13H2,1-3H3. The molecule has 0 radical (unpaired) electrons. The van der Waals surface area contributed by atoms with Crippen LogP contribution in [0.5, 0.6) is 0 Å². The molecule has 5 heteroatoms. The molecule has 1 heterocycles. The van der Waals surface area contributed by atoms with Gasteiger partial charge in [-0.15, -0.1) is 0 Å². The quantitative estimate of drug-likeness (QED) is 0.886. The summed E-state index contributed by atoms with van der Waals surface area (Å²) in [5, 5.41) is 0. The van der Waals surface area contributed by atoms with Crippen molar-refractivity contribution >= 4 is 21.7 Å². The fraction of sp³-hybridized carbons (Fsp3) is 0.545. The minimum Gasteiger partial charge on any atom is -0.358 e. The molecule has 0 fully saturated rings.